The minimum atomic E-state index is -0.761. The fourth-order valence-electron chi connectivity index (χ4n) is 3.30. The van der Waals surface area contributed by atoms with Crippen molar-refractivity contribution >= 4 is 34.8 Å². The molecule has 0 unspecified atom stereocenters. The minimum Gasteiger partial charge on any atom is -0.454 e. The molecule has 0 fully saturated rings. The van der Waals surface area contributed by atoms with Crippen LogP contribution in [0.15, 0.2) is 46.0 Å². The molecule has 2 aliphatic rings. The molecule has 0 atom stereocenters. The monoisotopic (exact) mass is 471 g/mol. The summed E-state index contributed by atoms with van der Waals surface area (Å²) in [6, 6.07) is 9.46. The first kappa shape index (κ1) is 20.9. The Kier molecular flexibility index (Phi) is 5.38. The van der Waals surface area contributed by atoms with Crippen molar-refractivity contribution in [1.29, 1.82) is 0 Å². The standard InChI is InChI=1S/C21H15ClFN5O5/c22-12-2-1-3-13(19(12)23)24-17(29)9-28-18(30)7-5-14(26-28)21-25-20(27-33-21)11-4-6-15-16(8-11)32-10-31-15/h1-4,6,8H,5,7,9-10H2,(H,24,29). The molecule has 2 amide bonds. The van der Waals surface area contributed by atoms with Gasteiger partial charge in [0, 0.05) is 18.4 Å². The molecule has 0 saturated carbocycles. The van der Waals surface area contributed by atoms with Gasteiger partial charge in [0.2, 0.25) is 24.4 Å². The molecule has 10 nitrogen and oxygen atoms in total. The summed E-state index contributed by atoms with van der Waals surface area (Å²) in [6.07, 6.45) is 0.363. The number of carbonyl (C=O) groups excluding carboxylic acids is 2. The zero-order chi connectivity index (χ0) is 22.9. The molecule has 3 aromatic rings. The number of halogens is 2. The second-order valence-corrected chi connectivity index (χ2v) is 7.55. The van der Waals surface area contributed by atoms with Gasteiger partial charge in [0.05, 0.1) is 10.7 Å². The van der Waals surface area contributed by atoms with Gasteiger partial charge in [0.25, 0.3) is 5.89 Å². The minimum absolute atomic E-state index is 0.0913. The van der Waals surface area contributed by atoms with Crippen molar-refractivity contribution < 1.29 is 28.0 Å². The van der Waals surface area contributed by atoms with Crippen LogP contribution in [0.5, 0.6) is 11.5 Å². The number of benzene rings is 2. The Morgan fingerprint density at radius 3 is 2.91 bits per heavy atom. The SMILES string of the molecule is O=C(CN1N=C(c2nc(-c3ccc4c(c3)OCO4)no2)CCC1=O)Nc1cccc(Cl)c1F. The lowest BCUT2D eigenvalue weighted by Gasteiger charge is -2.21. The normalized spacial score (nSPS) is 14.9. The van der Waals surface area contributed by atoms with Crippen molar-refractivity contribution in [1.82, 2.24) is 15.1 Å². The molecule has 0 radical (unpaired) electrons. The molecule has 1 aromatic heterocycles. The van der Waals surface area contributed by atoms with E-state index in [0.29, 0.717) is 28.6 Å². The quantitative estimate of drug-likeness (QED) is 0.606. The highest BCUT2D eigenvalue weighted by atomic mass is 35.5. The highest BCUT2D eigenvalue weighted by molar-refractivity contribution is 6.31. The fourth-order valence-corrected chi connectivity index (χ4v) is 3.47. The number of hydrazone groups is 1. The molecule has 0 saturated heterocycles. The Labute approximate surface area is 190 Å². The van der Waals surface area contributed by atoms with Crippen molar-refractivity contribution in [2.24, 2.45) is 5.10 Å². The first-order valence-corrected chi connectivity index (χ1v) is 10.2. The third-order valence-electron chi connectivity index (χ3n) is 4.93. The van der Waals surface area contributed by atoms with Crippen LogP contribution < -0.4 is 14.8 Å². The molecule has 2 aliphatic heterocycles. The summed E-state index contributed by atoms with van der Waals surface area (Å²) in [7, 11) is 0. The van der Waals surface area contributed by atoms with Crippen LogP contribution in [-0.2, 0) is 9.59 Å². The van der Waals surface area contributed by atoms with Gasteiger partial charge in [-0.15, -0.1) is 0 Å². The van der Waals surface area contributed by atoms with Crippen LogP contribution in [0.25, 0.3) is 11.4 Å². The number of rotatable bonds is 5. The van der Waals surface area contributed by atoms with Crippen molar-refractivity contribution in [3.8, 4) is 22.9 Å². The molecule has 0 bridgehead atoms. The van der Waals surface area contributed by atoms with E-state index in [1.54, 1.807) is 18.2 Å². The van der Waals surface area contributed by atoms with Crippen molar-refractivity contribution in [3.05, 3.63) is 53.1 Å². The number of nitrogens with zero attached hydrogens (tertiary/aromatic N) is 4. The van der Waals surface area contributed by atoms with Gasteiger partial charge in [-0.3, -0.25) is 9.59 Å². The van der Waals surface area contributed by atoms with Gasteiger partial charge < -0.3 is 19.3 Å². The maximum Gasteiger partial charge on any atom is 0.274 e. The smallest absolute Gasteiger partial charge is 0.274 e. The first-order chi connectivity index (χ1) is 16.0. The van der Waals surface area contributed by atoms with Gasteiger partial charge >= 0.3 is 0 Å². The second kappa shape index (κ2) is 8.51. The Balaban J connectivity index is 1.32. The van der Waals surface area contributed by atoms with E-state index in [-0.39, 0.29) is 42.1 Å². The molecular formula is C21H15ClFN5O5. The van der Waals surface area contributed by atoms with E-state index in [1.165, 1.54) is 18.2 Å². The maximum atomic E-state index is 14.0. The lowest BCUT2D eigenvalue weighted by atomic mass is 10.1. The zero-order valence-corrected chi connectivity index (χ0v) is 17.6. The molecule has 1 N–H and O–H groups in total. The number of hydrogen-bond donors (Lipinski definition) is 1. The maximum absolute atomic E-state index is 14.0. The predicted octanol–water partition coefficient (Wildman–Crippen LogP) is 3.22. The highest BCUT2D eigenvalue weighted by Gasteiger charge is 2.27. The molecule has 168 valence electrons. The van der Waals surface area contributed by atoms with Crippen molar-refractivity contribution in [2.45, 2.75) is 12.8 Å². The number of ether oxygens (including phenoxy) is 2. The van der Waals surface area contributed by atoms with E-state index in [9.17, 15) is 14.0 Å². The third-order valence-corrected chi connectivity index (χ3v) is 5.22. The average molecular weight is 472 g/mol. The topological polar surface area (TPSA) is 119 Å². The van der Waals surface area contributed by atoms with E-state index >= 15 is 0 Å². The highest BCUT2D eigenvalue weighted by Crippen LogP contribution is 2.35. The number of anilines is 1. The first-order valence-electron chi connectivity index (χ1n) is 9.84. The van der Waals surface area contributed by atoms with E-state index in [0.717, 1.165) is 5.01 Å². The number of nitrogens with one attached hydrogen (secondary N) is 1. The van der Waals surface area contributed by atoms with Crippen molar-refractivity contribution in [3.63, 3.8) is 0 Å². The van der Waals surface area contributed by atoms with Gasteiger partial charge in [-0.05, 0) is 30.3 Å². The number of amides is 2. The Morgan fingerprint density at radius 2 is 2.03 bits per heavy atom. The van der Waals surface area contributed by atoms with Crippen LogP contribution in [0.1, 0.15) is 18.7 Å². The number of fused-ring (bicyclic) bond motifs is 1. The van der Waals surface area contributed by atoms with E-state index in [1.807, 2.05) is 0 Å². The summed E-state index contributed by atoms with van der Waals surface area (Å²) in [6.45, 7) is -0.272. The van der Waals surface area contributed by atoms with Crippen LogP contribution in [0.4, 0.5) is 10.1 Å². The van der Waals surface area contributed by atoms with Crippen LogP contribution in [0.3, 0.4) is 0 Å². The molecule has 0 aliphatic carbocycles. The number of hydrogen-bond acceptors (Lipinski definition) is 8. The molecule has 12 heteroatoms. The van der Waals surface area contributed by atoms with E-state index in [4.69, 9.17) is 25.6 Å². The Morgan fingerprint density at radius 1 is 1.18 bits per heavy atom. The van der Waals surface area contributed by atoms with E-state index in [2.05, 4.69) is 20.6 Å². The fraction of sp³-hybridized carbons (Fsp3) is 0.190. The summed E-state index contributed by atoms with van der Waals surface area (Å²) in [5.74, 6) is -0.122. The summed E-state index contributed by atoms with van der Waals surface area (Å²) in [5.41, 5.74) is 0.920. The van der Waals surface area contributed by atoms with Crippen LogP contribution >= 0.6 is 11.6 Å². The van der Waals surface area contributed by atoms with Gasteiger partial charge in [-0.1, -0.05) is 22.8 Å². The third kappa shape index (κ3) is 4.22. The Hall–Kier alpha value is -3.99. The van der Waals surface area contributed by atoms with Crippen molar-refractivity contribution in [2.75, 3.05) is 18.7 Å². The molecule has 2 aromatic carbocycles. The van der Waals surface area contributed by atoms with Gasteiger partial charge in [-0.2, -0.15) is 10.1 Å². The second-order valence-electron chi connectivity index (χ2n) is 7.14. The van der Waals surface area contributed by atoms with Crippen LogP contribution in [-0.4, -0.2) is 46.0 Å². The zero-order valence-electron chi connectivity index (χ0n) is 16.9. The number of carbonyl (C=O) groups is 2. The summed E-state index contributed by atoms with van der Waals surface area (Å²) in [4.78, 5) is 29.0. The van der Waals surface area contributed by atoms with Gasteiger partial charge in [-0.25, -0.2) is 9.40 Å². The Bertz CT molecular complexity index is 1290. The van der Waals surface area contributed by atoms with Gasteiger partial charge in [0.1, 0.15) is 12.3 Å². The van der Waals surface area contributed by atoms with Gasteiger partial charge in [0.15, 0.2) is 17.3 Å². The molecular weight excluding hydrogens is 457 g/mol. The molecule has 33 heavy (non-hydrogen) atoms. The lowest BCUT2D eigenvalue weighted by Crippen LogP contribution is -2.38. The predicted molar refractivity (Wildman–Crippen MR) is 113 cm³/mol. The average Bonchev–Trinajstić information content (AvgIpc) is 3.47. The van der Waals surface area contributed by atoms with Crippen LogP contribution in [0.2, 0.25) is 5.02 Å². The van der Waals surface area contributed by atoms with E-state index < -0.39 is 18.3 Å². The largest absolute Gasteiger partial charge is 0.454 e. The summed E-state index contributed by atoms with van der Waals surface area (Å²) in [5, 5.41) is 11.4. The molecule has 0 spiro atoms. The summed E-state index contributed by atoms with van der Waals surface area (Å²) >= 11 is 5.72. The lowest BCUT2D eigenvalue weighted by molar-refractivity contribution is -0.135. The molecule has 5 rings (SSSR count). The molecule has 3 heterocycles. The van der Waals surface area contributed by atoms with Crippen LogP contribution in [0, 0.1) is 5.82 Å². The number of aromatic nitrogens is 2. The summed E-state index contributed by atoms with van der Waals surface area (Å²) < 4.78 is 30.0.